The second-order valence-corrected chi connectivity index (χ2v) is 9.72. The Hall–Kier alpha value is -3.38. The zero-order valence-corrected chi connectivity index (χ0v) is 20.7. The number of benzene rings is 2. The monoisotopic (exact) mass is 472 g/mol. The minimum atomic E-state index is 0.0999. The molecule has 0 N–H and O–H groups in total. The van der Waals surface area contributed by atoms with Gasteiger partial charge in [-0.25, -0.2) is 4.98 Å². The van der Waals surface area contributed by atoms with Gasteiger partial charge in [0.25, 0.3) is 5.91 Å². The summed E-state index contributed by atoms with van der Waals surface area (Å²) in [6.45, 7) is 4.57. The van der Waals surface area contributed by atoms with Gasteiger partial charge in [-0.2, -0.15) is 0 Å². The quantitative estimate of drug-likeness (QED) is 0.312. The van der Waals surface area contributed by atoms with Crippen molar-refractivity contribution in [3.05, 3.63) is 75.5 Å². The predicted octanol–water partition coefficient (Wildman–Crippen LogP) is 6.40. The molecule has 2 aromatic carbocycles. The van der Waals surface area contributed by atoms with Crippen LogP contribution < -0.4 is 9.47 Å². The number of para-hydroxylation sites is 1. The molecule has 34 heavy (non-hydrogen) atoms. The highest BCUT2D eigenvalue weighted by atomic mass is 32.1. The molecule has 1 aliphatic rings. The number of aryl methyl sites for hydroxylation is 2. The van der Waals surface area contributed by atoms with Crippen LogP contribution in [0.2, 0.25) is 0 Å². The lowest BCUT2D eigenvalue weighted by atomic mass is 10.00. The van der Waals surface area contributed by atoms with E-state index in [9.17, 15) is 4.79 Å². The molecule has 6 heteroatoms. The molecule has 1 saturated carbocycles. The number of carbonyl (C=O) groups excluding carboxylic acids is 1. The Labute approximate surface area is 204 Å². The number of pyridine rings is 1. The van der Waals surface area contributed by atoms with Gasteiger partial charge < -0.3 is 14.4 Å². The summed E-state index contributed by atoms with van der Waals surface area (Å²) in [4.78, 5) is 21.5. The Bertz CT molecular complexity index is 1370. The molecule has 5 nitrogen and oxygen atoms in total. The van der Waals surface area contributed by atoms with Crippen molar-refractivity contribution in [2.75, 3.05) is 14.2 Å². The number of nitrogens with zero attached hydrogens (tertiary/aromatic N) is 2. The van der Waals surface area contributed by atoms with Gasteiger partial charge in [-0.1, -0.05) is 18.2 Å². The highest BCUT2D eigenvalue weighted by molar-refractivity contribution is 7.12. The largest absolute Gasteiger partial charge is 0.497 e. The van der Waals surface area contributed by atoms with Crippen LogP contribution in [0.15, 0.2) is 53.9 Å². The third-order valence-electron chi connectivity index (χ3n) is 6.43. The molecule has 0 aliphatic heterocycles. The zero-order chi connectivity index (χ0) is 23.8. The lowest BCUT2D eigenvalue weighted by molar-refractivity contribution is 0.0734. The SMILES string of the molecule is COc1ccc(OC)c(-c2nc3c(C)cccc3cc2CN(C(=O)c2sccc2C)C2CC2)c1. The molecule has 0 bridgehead atoms. The Kier molecular flexibility index (Phi) is 6.00. The van der Waals surface area contributed by atoms with Crippen LogP contribution in [0.4, 0.5) is 0 Å². The van der Waals surface area contributed by atoms with Crippen molar-refractivity contribution in [1.82, 2.24) is 9.88 Å². The fourth-order valence-corrected chi connectivity index (χ4v) is 5.28. The summed E-state index contributed by atoms with van der Waals surface area (Å²) in [5.41, 5.74) is 5.76. The Morgan fingerprint density at radius 3 is 2.56 bits per heavy atom. The number of amides is 1. The van der Waals surface area contributed by atoms with Crippen molar-refractivity contribution in [3.8, 4) is 22.8 Å². The van der Waals surface area contributed by atoms with Crippen LogP contribution in [0, 0.1) is 13.8 Å². The first-order valence-corrected chi connectivity index (χ1v) is 12.3. The molecule has 174 valence electrons. The number of aromatic nitrogens is 1. The normalized spacial score (nSPS) is 13.2. The molecular formula is C28H28N2O3S. The number of fused-ring (bicyclic) bond motifs is 1. The van der Waals surface area contributed by atoms with Crippen LogP contribution in [-0.4, -0.2) is 36.1 Å². The summed E-state index contributed by atoms with van der Waals surface area (Å²) in [7, 11) is 3.32. The number of rotatable bonds is 7. The Balaban J connectivity index is 1.67. The van der Waals surface area contributed by atoms with E-state index >= 15 is 0 Å². The molecule has 0 unspecified atom stereocenters. The number of carbonyl (C=O) groups is 1. The summed E-state index contributed by atoms with van der Waals surface area (Å²) in [5, 5.41) is 3.05. The molecule has 1 amide bonds. The molecule has 0 radical (unpaired) electrons. The van der Waals surface area contributed by atoms with Crippen molar-refractivity contribution in [3.63, 3.8) is 0 Å². The van der Waals surface area contributed by atoms with Gasteiger partial charge in [0.2, 0.25) is 0 Å². The molecule has 4 aromatic rings. The van der Waals surface area contributed by atoms with Gasteiger partial charge >= 0.3 is 0 Å². The summed E-state index contributed by atoms with van der Waals surface area (Å²) in [6.07, 6.45) is 2.07. The third kappa shape index (κ3) is 4.14. The summed E-state index contributed by atoms with van der Waals surface area (Å²) >= 11 is 1.51. The van der Waals surface area contributed by atoms with Crippen LogP contribution in [0.25, 0.3) is 22.2 Å². The van der Waals surface area contributed by atoms with Gasteiger partial charge in [-0.05, 0) is 79.1 Å². The summed E-state index contributed by atoms with van der Waals surface area (Å²) in [6, 6.07) is 16.4. The number of hydrogen-bond acceptors (Lipinski definition) is 5. The van der Waals surface area contributed by atoms with E-state index in [1.807, 2.05) is 47.5 Å². The average molecular weight is 473 g/mol. The Morgan fingerprint density at radius 2 is 1.88 bits per heavy atom. The van der Waals surface area contributed by atoms with E-state index in [0.717, 1.165) is 68.1 Å². The van der Waals surface area contributed by atoms with Crippen molar-refractivity contribution >= 4 is 28.1 Å². The fraction of sp³-hybridized carbons (Fsp3) is 0.286. The Morgan fingerprint density at radius 1 is 1.06 bits per heavy atom. The van der Waals surface area contributed by atoms with E-state index < -0.39 is 0 Å². The zero-order valence-electron chi connectivity index (χ0n) is 19.9. The van der Waals surface area contributed by atoms with Crippen LogP contribution in [0.3, 0.4) is 0 Å². The minimum Gasteiger partial charge on any atom is -0.497 e. The van der Waals surface area contributed by atoms with E-state index in [1.165, 1.54) is 11.3 Å². The predicted molar refractivity (Wildman–Crippen MR) is 137 cm³/mol. The van der Waals surface area contributed by atoms with Crippen LogP contribution >= 0.6 is 11.3 Å². The molecule has 0 spiro atoms. The van der Waals surface area contributed by atoms with Gasteiger partial charge in [0, 0.05) is 23.5 Å². The maximum atomic E-state index is 13.6. The van der Waals surface area contributed by atoms with E-state index in [1.54, 1.807) is 14.2 Å². The molecular weight excluding hydrogens is 444 g/mol. The van der Waals surface area contributed by atoms with Crippen LogP contribution in [0.1, 0.15) is 39.2 Å². The van der Waals surface area contributed by atoms with Gasteiger partial charge in [-0.3, -0.25) is 4.79 Å². The maximum absolute atomic E-state index is 13.6. The van der Waals surface area contributed by atoms with Gasteiger partial charge in [0.05, 0.1) is 30.3 Å². The van der Waals surface area contributed by atoms with Crippen molar-refractivity contribution in [2.24, 2.45) is 0 Å². The van der Waals surface area contributed by atoms with E-state index in [2.05, 4.69) is 25.1 Å². The summed E-state index contributed by atoms with van der Waals surface area (Å²) < 4.78 is 11.2. The first-order chi connectivity index (χ1) is 16.5. The van der Waals surface area contributed by atoms with Crippen molar-refractivity contribution in [2.45, 2.75) is 39.3 Å². The molecule has 1 aliphatic carbocycles. The first kappa shape index (κ1) is 22.4. The second-order valence-electron chi connectivity index (χ2n) is 8.81. The smallest absolute Gasteiger partial charge is 0.264 e. The lowest BCUT2D eigenvalue weighted by Crippen LogP contribution is -2.32. The minimum absolute atomic E-state index is 0.0999. The van der Waals surface area contributed by atoms with Gasteiger partial charge in [-0.15, -0.1) is 11.3 Å². The molecule has 1 fully saturated rings. The van der Waals surface area contributed by atoms with E-state index in [0.29, 0.717) is 6.54 Å². The topological polar surface area (TPSA) is 51.7 Å². The van der Waals surface area contributed by atoms with Gasteiger partial charge in [0.1, 0.15) is 11.5 Å². The molecule has 5 rings (SSSR count). The molecule has 2 aromatic heterocycles. The van der Waals surface area contributed by atoms with E-state index in [-0.39, 0.29) is 11.9 Å². The van der Waals surface area contributed by atoms with E-state index in [4.69, 9.17) is 14.5 Å². The third-order valence-corrected chi connectivity index (χ3v) is 7.44. The number of thiophene rings is 1. The molecule has 0 saturated heterocycles. The average Bonchev–Trinajstić information content (AvgIpc) is 3.61. The number of ether oxygens (including phenoxy) is 2. The second kappa shape index (κ2) is 9.11. The standard InChI is InChI=1S/C28H28N2O3S/c1-17-6-5-7-19-14-20(16-30(21-8-9-21)28(31)27-18(2)12-13-34-27)26(29-25(17)19)23-15-22(32-3)10-11-24(23)33-4/h5-7,10-15,21H,8-9,16H2,1-4H3. The highest BCUT2D eigenvalue weighted by Crippen LogP contribution is 2.38. The number of hydrogen-bond donors (Lipinski definition) is 0. The highest BCUT2D eigenvalue weighted by Gasteiger charge is 2.35. The lowest BCUT2D eigenvalue weighted by Gasteiger charge is -2.24. The number of methoxy groups -OCH3 is 2. The van der Waals surface area contributed by atoms with Crippen LogP contribution in [-0.2, 0) is 6.54 Å². The molecule has 0 atom stereocenters. The molecule has 2 heterocycles. The van der Waals surface area contributed by atoms with Crippen molar-refractivity contribution < 1.29 is 14.3 Å². The van der Waals surface area contributed by atoms with Crippen molar-refractivity contribution in [1.29, 1.82) is 0 Å². The first-order valence-electron chi connectivity index (χ1n) is 11.5. The summed E-state index contributed by atoms with van der Waals surface area (Å²) in [5.74, 6) is 1.56. The van der Waals surface area contributed by atoms with Crippen LogP contribution in [0.5, 0.6) is 11.5 Å². The maximum Gasteiger partial charge on any atom is 0.264 e. The van der Waals surface area contributed by atoms with Gasteiger partial charge in [0.15, 0.2) is 0 Å². The fourth-order valence-electron chi connectivity index (χ4n) is 4.40.